The van der Waals surface area contributed by atoms with Crippen molar-refractivity contribution in [3.8, 4) is 0 Å². The number of aromatic nitrogens is 4. The lowest BCUT2D eigenvalue weighted by atomic mass is 10.3. The highest BCUT2D eigenvalue weighted by Gasteiger charge is 2.08. The molecule has 0 spiro atoms. The van der Waals surface area contributed by atoms with Crippen molar-refractivity contribution in [2.45, 2.75) is 32.0 Å². The smallest absolute Gasteiger partial charge is 0.209 e. The van der Waals surface area contributed by atoms with Crippen molar-refractivity contribution in [3.63, 3.8) is 0 Å². The number of carbonyl (C=O) groups is 1. The predicted octanol–water partition coefficient (Wildman–Crippen LogP) is -2.17. The molecule has 0 aliphatic heterocycles. The summed E-state index contributed by atoms with van der Waals surface area (Å²) in [6, 6.07) is 0. The maximum absolute atomic E-state index is 10.4. The quantitative estimate of drug-likeness (QED) is 0.515. The summed E-state index contributed by atoms with van der Waals surface area (Å²) in [5.41, 5.74) is 0. The third-order valence-corrected chi connectivity index (χ3v) is 3.65. The van der Waals surface area contributed by atoms with Crippen molar-refractivity contribution in [2.24, 2.45) is 0 Å². The lowest BCUT2D eigenvalue weighted by molar-refractivity contribution is -0.896. The molecule has 7 nitrogen and oxygen atoms in total. The lowest BCUT2D eigenvalue weighted by Crippen LogP contribution is -3.11. The number of nitrogens with one attached hydrogen (secondary N) is 1. The molecule has 1 aromatic heterocycles. The normalized spacial score (nSPS) is 11.1. The molecule has 102 valence electrons. The van der Waals surface area contributed by atoms with Crippen molar-refractivity contribution in [3.05, 3.63) is 0 Å². The first kappa shape index (κ1) is 14.9. The minimum Gasteiger partial charge on any atom is -0.549 e. The fraction of sp³-hybridized carbons (Fsp3) is 0.800. The van der Waals surface area contributed by atoms with Crippen molar-refractivity contribution in [2.75, 3.05) is 25.4 Å². The highest BCUT2D eigenvalue weighted by Crippen LogP contribution is 2.12. The van der Waals surface area contributed by atoms with Gasteiger partial charge in [-0.15, -0.1) is 5.10 Å². The molecule has 0 radical (unpaired) electrons. The molecule has 1 aromatic rings. The molecule has 8 heteroatoms. The van der Waals surface area contributed by atoms with Gasteiger partial charge in [-0.2, -0.15) is 0 Å². The van der Waals surface area contributed by atoms with Crippen LogP contribution in [0.4, 0.5) is 0 Å². The number of carbonyl (C=O) groups excluding carboxylic acids is 1. The van der Waals surface area contributed by atoms with E-state index in [-0.39, 0.29) is 5.75 Å². The van der Waals surface area contributed by atoms with Gasteiger partial charge in [0.15, 0.2) is 0 Å². The number of carboxylic acids is 1. The van der Waals surface area contributed by atoms with E-state index in [1.165, 1.54) is 4.90 Å². The Kier molecular flexibility index (Phi) is 6.66. The Labute approximate surface area is 111 Å². The molecular weight excluding hydrogens is 254 g/mol. The summed E-state index contributed by atoms with van der Waals surface area (Å²) in [5, 5.41) is 22.1. The molecule has 0 bridgehead atoms. The van der Waals surface area contributed by atoms with Crippen LogP contribution in [0.2, 0.25) is 0 Å². The Morgan fingerprint density at radius 1 is 1.44 bits per heavy atom. The summed E-state index contributed by atoms with van der Waals surface area (Å²) in [5.74, 6) is -1.23. The summed E-state index contributed by atoms with van der Waals surface area (Å²) >= 11 is 1.09. The number of aryl methyl sites for hydroxylation is 1. The van der Waals surface area contributed by atoms with E-state index in [0.29, 0.717) is 11.7 Å². The van der Waals surface area contributed by atoms with Gasteiger partial charge in [-0.1, -0.05) is 11.8 Å². The molecule has 1 rings (SSSR count). The molecule has 0 aromatic carbocycles. The molecule has 1 N–H and O–H groups in total. The largest absolute Gasteiger partial charge is 0.549 e. The molecule has 0 aliphatic rings. The zero-order chi connectivity index (χ0) is 13.4. The molecule has 0 aliphatic carbocycles. The van der Waals surface area contributed by atoms with E-state index in [1.54, 1.807) is 4.68 Å². The standard InChI is InChI=1S/C10H19N5O2S/c1-3-14(4-2)6-5-7-15-10(11-12-13-15)18-8-9(16)17/h3-8H2,1-2H3,(H,16,17). The van der Waals surface area contributed by atoms with Gasteiger partial charge in [0.1, 0.15) is 0 Å². The van der Waals surface area contributed by atoms with Gasteiger partial charge in [0, 0.05) is 12.2 Å². The number of tetrazole rings is 1. The van der Waals surface area contributed by atoms with Gasteiger partial charge in [-0.25, -0.2) is 4.68 Å². The SMILES string of the molecule is CC[NH+](CC)CCCn1nnnc1SCC(=O)[O-]. The number of nitrogens with zero attached hydrogens (tertiary/aromatic N) is 4. The Bertz CT molecular complexity index is 367. The number of quaternary nitrogens is 1. The third kappa shape index (κ3) is 5.01. The van der Waals surface area contributed by atoms with Crippen LogP contribution in [0.5, 0.6) is 0 Å². The number of hydrogen-bond donors (Lipinski definition) is 1. The van der Waals surface area contributed by atoms with Gasteiger partial charge in [-0.3, -0.25) is 0 Å². The second-order valence-electron chi connectivity index (χ2n) is 3.91. The van der Waals surface area contributed by atoms with Crippen molar-refractivity contribution >= 4 is 17.7 Å². The van der Waals surface area contributed by atoms with Crippen LogP contribution in [0.25, 0.3) is 0 Å². The fourth-order valence-corrected chi connectivity index (χ4v) is 2.26. The molecule has 0 amide bonds. The highest BCUT2D eigenvalue weighted by atomic mass is 32.2. The molecule has 1 heterocycles. The van der Waals surface area contributed by atoms with E-state index in [1.807, 2.05) is 0 Å². The molecule has 0 fully saturated rings. The van der Waals surface area contributed by atoms with E-state index in [4.69, 9.17) is 0 Å². The Morgan fingerprint density at radius 3 is 2.78 bits per heavy atom. The second kappa shape index (κ2) is 8.04. The van der Waals surface area contributed by atoms with Gasteiger partial charge in [0.2, 0.25) is 5.16 Å². The lowest BCUT2D eigenvalue weighted by Gasteiger charge is -2.14. The van der Waals surface area contributed by atoms with Crippen LogP contribution < -0.4 is 10.0 Å². The average molecular weight is 273 g/mol. The number of carboxylic acid groups (broad SMARTS) is 1. The number of rotatable bonds is 9. The fourth-order valence-electron chi connectivity index (χ4n) is 1.65. The summed E-state index contributed by atoms with van der Waals surface area (Å²) in [6.45, 7) is 8.33. The van der Waals surface area contributed by atoms with Gasteiger partial charge in [0.05, 0.1) is 32.1 Å². The second-order valence-corrected chi connectivity index (χ2v) is 4.85. The molecule has 0 saturated heterocycles. The molecule has 0 saturated carbocycles. The van der Waals surface area contributed by atoms with Gasteiger partial charge >= 0.3 is 0 Å². The van der Waals surface area contributed by atoms with E-state index >= 15 is 0 Å². The van der Waals surface area contributed by atoms with Crippen LogP contribution >= 0.6 is 11.8 Å². The maximum atomic E-state index is 10.4. The Morgan fingerprint density at radius 2 is 2.17 bits per heavy atom. The highest BCUT2D eigenvalue weighted by molar-refractivity contribution is 7.99. The Balaban J connectivity index is 2.37. The number of thioether (sulfide) groups is 1. The summed E-state index contributed by atoms with van der Waals surface area (Å²) in [7, 11) is 0. The monoisotopic (exact) mass is 273 g/mol. The number of hydrogen-bond acceptors (Lipinski definition) is 6. The van der Waals surface area contributed by atoms with Crippen LogP contribution in [-0.2, 0) is 11.3 Å². The van der Waals surface area contributed by atoms with E-state index in [0.717, 1.165) is 37.8 Å². The minimum atomic E-state index is -1.11. The maximum Gasteiger partial charge on any atom is 0.209 e. The van der Waals surface area contributed by atoms with Crippen molar-refractivity contribution in [1.82, 2.24) is 20.2 Å². The zero-order valence-electron chi connectivity index (χ0n) is 10.8. The minimum absolute atomic E-state index is 0.123. The van der Waals surface area contributed by atoms with Crippen molar-refractivity contribution < 1.29 is 14.8 Å². The molecule has 0 unspecified atom stereocenters. The molecular formula is C10H19N5O2S. The third-order valence-electron chi connectivity index (χ3n) is 2.72. The topological polar surface area (TPSA) is 88.2 Å². The van der Waals surface area contributed by atoms with Gasteiger partial charge < -0.3 is 14.8 Å². The zero-order valence-corrected chi connectivity index (χ0v) is 11.6. The van der Waals surface area contributed by atoms with Crippen molar-refractivity contribution in [1.29, 1.82) is 0 Å². The van der Waals surface area contributed by atoms with E-state index in [2.05, 4.69) is 29.4 Å². The van der Waals surface area contributed by atoms with Crippen LogP contribution in [-0.4, -0.2) is 51.6 Å². The summed E-state index contributed by atoms with van der Waals surface area (Å²) < 4.78 is 1.65. The average Bonchev–Trinajstić information content (AvgIpc) is 2.79. The summed E-state index contributed by atoms with van der Waals surface area (Å²) in [4.78, 5) is 11.9. The molecule has 0 atom stereocenters. The van der Waals surface area contributed by atoms with Crippen LogP contribution in [0.3, 0.4) is 0 Å². The first-order chi connectivity index (χ1) is 8.67. The predicted molar refractivity (Wildman–Crippen MR) is 65.1 cm³/mol. The first-order valence-electron chi connectivity index (χ1n) is 6.09. The number of aliphatic carboxylic acids is 1. The first-order valence-corrected chi connectivity index (χ1v) is 7.08. The molecule has 18 heavy (non-hydrogen) atoms. The van der Waals surface area contributed by atoms with E-state index in [9.17, 15) is 9.90 Å². The summed E-state index contributed by atoms with van der Waals surface area (Å²) in [6.07, 6.45) is 0.973. The van der Waals surface area contributed by atoms with Gasteiger partial charge in [-0.05, 0) is 24.3 Å². The Hall–Kier alpha value is -1.15. The van der Waals surface area contributed by atoms with Gasteiger partial charge in [0.25, 0.3) is 0 Å². The van der Waals surface area contributed by atoms with Crippen LogP contribution in [0.1, 0.15) is 20.3 Å². The van der Waals surface area contributed by atoms with Crippen LogP contribution in [0.15, 0.2) is 5.16 Å². The van der Waals surface area contributed by atoms with E-state index < -0.39 is 5.97 Å². The van der Waals surface area contributed by atoms with Crippen LogP contribution in [0, 0.1) is 0 Å².